The molecule has 7 nitrogen and oxygen atoms in total. The van der Waals surface area contributed by atoms with Gasteiger partial charge in [0.05, 0.1) is 35.8 Å². The molecule has 0 radical (unpaired) electrons. The number of aliphatic hydroxyl groups is 1. The summed E-state index contributed by atoms with van der Waals surface area (Å²) in [5.74, 6) is -1.60. The molecule has 224 valence electrons. The minimum atomic E-state index is -0.738. The highest BCUT2D eigenvalue weighted by Crippen LogP contribution is 2.68. The lowest BCUT2D eigenvalue weighted by molar-refractivity contribution is -0.154. The maximum atomic E-state index is 14.7. The Balaban J connectivity index is 1.71. The Morgan fingerprint density at radius 3 is 2.58 bits per heavy atom. The summed E-state index contributed by atoms with van der Waals surface area (Å²) in [7, 11) is 0. The van der Waals surface area contributed by atoms with E-state index in [1.165, 1.54) is 6.42 Å². The Morgan fingerprint density at radius 2 is 1.95 bits per heavy atom. The second-order valence-corrected chi connectivity index (χ2v) is 15.1. The summed E-state index contributed by atoms with van der Waals surface area (Å²) in [5, 5.41) is 10.4. The van der Waals surface area contributed by atoms with Crippen LogP contribution < -0.4 is 0 Å². The summed E-state index contributed by atoms with van der Waals surface area (Å²) in [6.45, 7) is 12.3. The second-order valence-electron chi connectivity index (χ2n) is 12.4. The molecule has 0 aromatic rings. The topological polar surface area (TPSA) is 87.2 Å². The first-order valence-corrected chi connectivity index (χ1v) is 16.9. The maximum Gasteiger partial charge on any atom is 0.310 e. The number of esters is 1. The molecular formula is C31H47BrN2O5S. The largest absolute Gasteiger partial charge is 0.465 e. The van der Waals surface area contributed by atoms with Crippen molar-refractivity contribution in [2.24, 2.45) is 17.8 Å². The summed E-state index contributed by atoms with van der Waals surface area (Å²) >= 11 is 5.47. The van der Waals surface area contributed by atoms with E-state index >= 15 is 0 Å². The van der Waals surface area contributed by atoms with Crippen LogP contribution in [0.4, 0.5) is 0 Å². The molecule has 2 bridgehead atoms. The number of hydrogen-bond donors (Lipinski definition) is 1. The molecule has 0 aromatic heterocycles. The van der Waals surface area contributed by atoms with Gasteiger partial charge in [-0.05, 0) is 50.9 Å². The van der Waals surface area contributed by atoms with Gasteiger partial charge >= 0.3 is 5.97 Å². The first-order chi connectivity index (χ1) is 19.2. The van der Waals surface area contributed by atoms with Crippen molar-refractivity contribution in [3.8, 4) is 0 Å². The number of carbonyl (C=O) groups is 3. The standard InChI is InChI=1S/C31H47BrN2O5S/c1-5-7-8-12-16-39-30(38)24-25-28(36)34(22(19-35)17-20(3)4)27(31(25)18-23(32)26(24)40-31)29(37)33(15-6-2)21-13-10-9-11-14-21/h5-6,20-27,35H,1-2,7-19H2,3-4H3/t22-,23?,24-,25+,26-,27?,31?/m1/s1. The Hall–Kier alpha value is -1.32. The lowest BCUT2D eigenvalue weighted by Crippen LogP contribution is -2.59. The number of alkyl halides is 1. The lowest BCUT2D eigenvalue weighted by atomic mass is 9.71. The number of likely N-dealkylation sites (tertiary alicyclic amines) is 1. The minimum absolute atomic E-state index is 0.00433. The molecule has 2 amide bonds. The van der Waals surface area contributed by atoms with E-state index in [0.29, 0.717) is 26.0 Å². The number of unbranched alkanes of at least 4 members (excludes halogenated alkanes) is 2. The molecule has 4 fully saturated rings. The summed E-state index contributed by atoms with van der Waals surface area (Å²) in [4.78, 5) is 46.4. The number of rotatable bonds is 14. The van der Waals surface area contributed by atoms with Gasteiger partial charge < -0.3 is 19.6 Å². The van der Waals surface area contributed by atoms with Crippen LogP contribution in [-0.4, -0.2) is 85.4 Å². The number of carbonyl (C=O) groups excluding carboxylic acids is 3. The van der Waals surface area contributed by atoms with Crippen LogP contribution in [0.15, 0.2) is 25.3 Å². The predicted molar refractivity (Wildman–Crippen MR) is 163 cm³/mol. The fourth-order valence-electron chi connectivity index (χ4n) is 7.60. The molecule has 4 aliphatic rings. The van der Waals surface area contributed by atoms with Gasteiger partial charge in [-0.25, -0.2) is 0 Å². The molecule has 1 N–H and O–H groups in total. The third kappa shape index (κ3) is 5.94. The minimum Gasteiger partial charge on any atom is -0.465 e. The number of hydrogen-bond acceptors (Lipinski definition) is 6. The number of halogens is 1. The molecule has 1 spiro atoms. The van der Waals surface area contributed by atoms with Crippen molar-refractivity contribution < 1.29 is 24.2 Å². The molecule has 3 heterocycles. The summed E-state index contributed by atoms with van der Waals surface area (Å²) in [6, 6.07) is -1.10. The fourth-order valence-corrected chi connectivity index (χ4v) is 11.2. The molecule has 3 aliphatic heterocycles. The number of ether oxygens (including phenoxy) is 1. The van der Waals surface area contributed by atoms with Gasteiger partial charge in [-0.3, -0.25) is 14.4 Å². The fraction of sp³-hybridized carbons (Fsp3) is 0.774. The average molecular weight is 640 g/mol. The van der Waals surface area contributed by atoms with Crippen molar-refractivity contribution in [2.75, 3.05) is 19.8 Å². The van der Waals surface area contributed by atoms with Crippen LogP contribution in [0.25, 0.3) is 0 Å². The van der Waals surface area contributed by atoms with Crippen LogP contribution in [0, 0.1) is 17.8 Å². The third-order valence-electron chi connectivity index (χ3n) is 9.25. The third-order valence-corrected chi connectivity index (χ3v) is 12.5. The zero-order valence-electron chi connectivity index (χ0n) is 24.1. The Morgan fingerprint density at radius 1 is 1.23 bits per heavy atom. The van der Waals surface area contributed by atoms with Crippen molar-refractivity contribution in [3.05, 3.63) is 25.3 Å². The SMILES string of the molecule is C=CCCCCOC(=O)[C@H]1[C@@H]2SC3(CC2Br)C(C(=O)N(CC=C)C2CCCCC2)N([C@@H](CO)CC(C)C)C(=O)[C@H]13. The predicted octanol–water partition coefficient (Wildman–Crippen LogP) is 5.10. The zero-order valence-corrected chi connectivity index (χ0v) is 26.5. The Labute approximate surface area is 252 Å². The average Bonchev–Trinajstić information content (AvgIpc) is 3.53. The molecule has 1 aliphatic carbocycles. The highest BCUT2D eigenvalue weighted by Gasteiger charge is 2.76. The van der Waals surface area contributed by atoms with Crippen molar-refractivity contribution >= 4 is 45.5 Å². The highest BCUT2D eigenvalue weighted by atomic mass is 79.9. The van der Waals surface area contributed by atoms with Gasteiger partial charge in [0.1, 0.15) is 6.04 Å². The van der Waals surface area contributed by atoms with Crippen molar-refractivity contribution in [1.82, 2.24) is 9.80 Å². The second kappa shape index (κ2) is 13.8. The maximum absolute atomic E-state index is 14.7. The Kier molecular flexibility index (Phi) is 10.9. The smallest absolute Gasteiger partial charge is 0.310 e. The van der Waals surface area contributed by atoms with Gasteiger partial charge in [0, 0.05) is 22.7 Å². The number of fused-ring (bicyclic) bond motifs is 1. The summed E-state index contributed by atoms with van der Waals surface area (Å²) in [5.41, 5.74) is 0. The molecule has 3 saturated heterocycles. The van der Waals surface area contributed by atoms with E-state index < -0.39 is 28.7 Å². The monoisotopic (exact) mass is 638 g/mol. The van der Waals surface area contributed by atoms with Crippen LogP contribution in [0.1, 0.15) is 78.1 Å². The number of amides is 2. The first kappa shape index (κ1) is 31.6. The lowest BCUT2D eigenvalue weighted by Gasteiger charge is -2.43. The first-order valence-electron chi connectivity index (χ1n) is 15.2. The number of thioether (sulfide) groups is 1. The molecule has 0 aromatic carbocycles. The van der Waals surface area contributed by atoms with Crippen molar-refractivity contribution in [1.29, 1.82) is 0 Å². The highest BCUT2D eigenvalue weighted by molar-refractivity contribution is 9.09. The van der Waals surface area contributed by atoms with Crippen LogP contribution >= 0.6 is 27.7 Å². The van der Waals surface area contributed by atoms with Crippen molar-refractivity contribution in [3.63, 3.8) is 0 Å². The van der Waals surface area contributed by atoms with Gasteiger partial charge in [0.15, 0.2) is 0 Å². The normalized spacial score (nSPS) is 32.3. The van der Waals surface area contributed by atoms with Gasteiger partial charge in [-0.15, -0.1) is 24.9 Å². The summed E-state index contributed by atoms with van der Waals surface area (Å²) < 4.78 is 5.02. The molecular weight excluding hydrogens is 592 g/mol. The van der Waals surface area contributed by atoms with Crippen LogP contribution in [0.2, 0.25) is 0 Å². The molecule has 7 atom stereocenters. The molecule has 40 heavy (non-hydrogen) atoms. The Bertz CT molecular complexity index is 956. The van der Waals surface area contributed by atoms with Crippen LogP contribution in [0.5, 0.6) is 0 Å². The van der Waals surface area contributed by atoms with E-state index in [-0.39, 0.29) is 46.4 Å². The quantitative estimate of drug-likeness (QED) is 0.123. The van der Waals surface area contributed by atoms with E-state index in [4.69, 9.17) is 4.74 Å². The molecule has 3 unspecified atom stereocenters. The van der Waals surface area contributed by atoms with E-state index in [1.54, 1.807) is 22.7 Å². The number of nitrogens with zero attached hydrogens (tertiary/aromatic N) is 2. The van der Waals surface area contributed by atoms with Crippen LogP contribution in [-0.2, 0) is 19.1 Å². The van der Waals surface area contributed by atoms with E-state index in [0.717, 1.165) is 44.9 Å². The number of allylic oxidation sites excluding steroid dienone is 1. The van der Waals surface area contributed by atoms with E-state index in [2.05, 4.69) is 42.9 Å². The number of aliphatic hydroxyl groups excluding tert-OH is 1. The van der Waals surface area contributed by atoms with Crippen molar-refractivity contribution in [2.45, 2.75) is 111 Å². The zero-order chi connectivity index (χ0) is 29.0. The van der Waals surface area contributed by atoms with E-state index in [9.17, 15) is 19.5 Å². The van der Waals surface area contributed by atoms with E-state index in [1.807, 2.05) is 11.0 Å². The molecule has 9 heteroatoms. The van der Waals surface area contributed by atoms with Gasteiger partial charge in [-0.2, -0.15) is 0 Å². The molecule has 1 saturated carbocycles. The van der Waals surface area contributed by atoms with Gasteiger partial charge in [0.25, 0.3) is 0 Å². The van der Waals surface area contributed by atoms with Gasteiger partial charge in [-0.1, -0.05) is 61.2 Å². The molecule has 4 rings (SSSR count). The van der Waals surface area contributed by atoms with Gasteiger partial charge in [0.2, 0.25) is 11.8 Å². The summed E-state index contributed by atoms with van der Waals surface area (Å²) in [6.07, 6.45) is 12.6. The van der Waals surface area contributed by atoms with Crippen LogP contribution in [0.3, 0.4) is 0 Å².